The molecule has 1 aromatic heterocycles. The molecular weight excluding hydrogens is 254 g/mol. The molecule has 0 aliphatic heterocycles. The Kier molecular flexibility index (Phi) is 2.60. The Morgan fingerprint density at radius 3 is 2.33 bits per heavy atom. The van der Waals surface area contributed by atoms with Gasteiger partial charge in [-0.3, -0.25) is 4.98 Å². The van der Waals surface area contributed by atoms with E-state index in [0.717, 1.165) is 15.7 Å². The Morgan fingerprint density at radius 2 is 1.73 bits per heavy atom. The fourth-order valence-electron chi connectivity index (χ4n) is 1.35. The molecule has 0 saturated carbocycles. The number of hydrogen-bond acceptors (Lipinski definition) is 3. The number of halogens is 1. The van der Waals surface area contributed by atoms with Crippen LogP contribution in [0, 0.1) is 0 Å². The minimum absolute atomic E-state index is 0.577. The van der Waals surface area contributed by atoms with Crippen molar-refractivity contribution in [1.82, 2.24) is 4.98 Å². The number of benzene rings is 1. The average Bonchev–Trinajstić information content (AvgIpc) is 2.20. The van der Waals surface area contributed by atoms with Gasteiger partial charge in [0.1, 0.15) is 0 Å². The third-order valence-corrected chi connectivity index (χ3v) is 2.58. The van der Waals surface area contributed by atoms with Crippen molar-refractivity contribution in [2.24, 2.45) is 0 Å². The van der Waals surface area contributed by atoms with Gasteiger partial charge in [-0.1, -0.05) is 28.1 Å². The molecule has 1 heterocycles. The van der Waals surface area contributed by atoms with Gasteiger partial charge < -0.3 is 11.5 Å². The van der Waals surface area contributed by atoms with Crippen molar-refractivity contribution in [2.45, 2.75) is 0 Å². The molecule has 76 valence electrons. The molecule has 0 amide bonds. The number of rotatable bonds is 1. The number of aromatic nitrogens is 1. The van der Waals surface area contributed by atoms with E-state index in [1.54, 1.807) is 12.3 Å². The predicted molar refractivity (Wildman–Crippen MR) is 66.2 cm³/mol. The molecule has 4 heteroatoms. The Balaban J connectivity index is 2.49. The molecular formula is C11H10BrN3. The van der Waals surface area contributed by atoms with E-state index in [-0.39, 0.29) is 0 Å². The maximum atomic E-state index is 5.84. The molecule has 4 N–H and O–H groups in total. The van der Waals surface area contributed by atoms with Gasteiger partial charge in [-0.25, -0.2) is 0 Å². The minimum Gasteiger partial charge on any atom is -0.397 e. The Bertz CT molecular complexity index is 480. The molecule has 2 aromatic rings. The third kappa shape index (κ3) is 2.10. The van der Waals surface area contributed by atoms with Gasteiger partial charge in [0.15, 0.2) is 0 Å². The van der Waals surface area contributed by atoms with Crippen molar-refractivity contribution in [3.63, 3.8) is 0 Å². The summed E-state index contributed by atoms with van der Waals surface area (Å²) in [5.74, 6) is 0. The molecule has 0 radical (unpaired) electrons. The third-order valence-electron chi connectivity index (χ3n) is 2.06. The van der Waals surface area contributed by atoms with E-state index in [4.69, 9.17) is 11.5 Å². The van der Waals surface area contributed by atoms with E-state index in [9.17, 15) is 0 Å². The van der Waals surface area contributed by atoms with Crippen molar-refractivity contribution in [3.8, 4) is 11.3 Å². The molecule has 0 atom stereocenters. The lowest BCUT2D eigenvalue weighted by atomic mass is 10.1. The summed E-state index contributed by atoms with van der Waals surface area (Å²) in [7, 11) is 0. The SMILES string of the molecule is Nc1cnc(-c2ccc(Br)cc2)c(N)c1. The highest BCUT2D eigenvalue weighted by Crippen LogP contribution is 2.25. The van der Waals surface area contributed by atoms with E-state index in [1.807, 2.05) is 24.3 Å². The van der Waals surface area contributed by atoms with Crippen LogP contribution < -0.4 is 11.5 Å². The normalized spacial score (nSPS) is 10.2. The second-order valence-electron chi connectivity index (χ2n) is 3.21. The number of nitrogens with two attached hydrogens (primary N) is 2. The number of nitrogen functional groups attached to an aromatic ring is 2. The first kappa shape index (κ1) is 9.98. The summed E-state index contributed by atoms with van der Waals surface area (Å²) in [6.45, 7) is 0. The summed E-state index contributed by atoms with van der Waals surface area (Å²) in [5, 5.41) is 0. The van der Waals surface area contributed by atoms with Crippen LogP contribution in [0.25, 0.3) is 11.3 Å². The molecule has 0 spiro atoms. The molecule has 1 aromatic carbocycles. The van der Waals surface area contributed by atoms with Gasteiger partial charge in [-0.05, 0) is 18.2 Å². The average molecular weight is 264 g/mol. The molecule has 0 bridgehead atoms. The monoisotopic (exact) mass is 263 g/mol. The van der Waals surface area contributed by atoms with E-state index >= 15 is 0 Å². The highest BCUT2D eigenvalue weighted by Gasteiger charge is 2.03. The molecule has 15 heavy (non-hydrogen) atoms. The van der Waals surface area contributed by atoms with E-state index in [0.29, 0.717) is 11.4 Å². The first-order valence-corrected chi connectivity index (χ1v) is 5.23. The fourth-order valence-corrected chi connectivity index (χ4v) is 1.61. The largest absolute Gasteiger partial charge is 0.397 e. The molecule has 0 fully saturated rings. The highest BCUT2D eigenvalue weighted by atomic mass is 79.9. The van der Waals surface area contributed by atoms with Crippen molar-refractivity contribution < 1.29 is 0 Å². The Morgan fingerprint density at radius 1 is 1.07 bits per heavy atom. The molecule has 0 saturated heterocycles. The van der Waals surface area contributed by atoms with Crippen molar-refractivity contribution >= 4 is 27.3 Å². The quantitative estimate of drug-likeness (QED) is 0.832. The van der Waals surface area contributed by atoms with Crippen LogP contribution in [-0.2, 0) is 0 Å². The minimum atomic E-state index is 0.577. The fraction of sp³-hybridized carbons (Fsp3) is 0. The first-order valence-electron chi connectivity index (χ1n) is 4.44. The lowest BCUT2D eigenvalue weighted by Crippen LogP contribution is -1.96. The summed E-state index contributed by atoms with van der Waals surface area (Å²) in [4.78, 5) is 4.21. The zero-order valence-corrected chi connectivity index (χ0v) is 9.53. The van der Waals surface area contributed by atoms with Crippen LogP contribution in [0.4, 0.5) is 11.4 Å². The van der Waals surface area contributed by atoms with Crippen LogP contribution in [-0.4, -0.2) is 4.98 Å². The van der Waals surface area contributed by atoms with Gasteiger partial charge in [0.2, 0.25) is 0 Å². The van der Waals surface area contributed by atoms with Crippen LogP contribution in [0.3, 0.4) is 0 Å². The van der Waals surface area contributed by atoms with Gasteiger partial charge >= 0.3 is 0 Å². The summed E-state index contributed by atoms with van der Waals surface area (Å²) in [6.07, 6.45) is 1.60. The van der Waals surface area contributed by atoms with Crippen LogP contribution in [0.2, 0.25) is 0 Å². The van der Waals surface area contributed by atoms with Crippen molar-refractivity contribution in [1.29, 1.82) is 0 Å². The molecule has 0 aliphatic rings. The number of anilines is 2. The molecule has 0 aliphatic carbocycles. The molecule has 2 rings (SSSR count). The maximum absolute atomic E-state index is 5.84. The summed E-state index contributed by atoms with van der Waals surface area (Å²) >= 11 is 3.38. The smallest absolute Gasteiger partial charge is 0.0932 e. The number of hydrogen-bond donors (Lipinski definition) is 2. The van der Waals surface area contributed by atoms with E-state index < -0.39 is 0 Å². The number of nitrogens with zero attached hydrogens (tertiary/aromatic N) is 1. The molecule has 3 nitrogen and oxygen atoms in total. The van der Waals surface area contributed by atoms with Gasteiger partial charge in [0.25, 0.3) is 0 Å². The van der Waals surface area contributed by atoms with Gasteiger partial charge in [0.05, 0.1) is 23.3 Å². The van der Waals surface area contributed by atoms with Crippen LogP contribution >= 0.6 is 15.9 Å². The van der Waals surface area contributed by atoms with Gasteiger partial charge in [-0.2, -0.15) is 0 Å². The van der Waals surface area contributed by atoms with Crippen LogP contribution in [0.5, 0.6) is 0 Å². The topological polar surface area (TPSA) is 64.9 Å². The molecule has 0 unspecified atom stereocenters. The predicted octanol–water partition coefficient (Wildman–Crippen LogP) is 2.68. The second kappa shape index (κ2) is 3.90. The summed E-state index contributed by atoms with van der Waals surface area (Å²) in [5.41, 5.74) is 14.3. The standard InChI is InChI=1S/C11H10BrN3/c12-8-3-1-7(2-4-8)11-10(14)5-9(13)6-15-11/h1-6H,13-14H2. The maximum Gasteiger partial charge on any atom is 0.0932 e. The van der Waals surface area contributed by atoms with Crippen LogP contribution in [0.15, 0.2) is 41.0 Å². The van der Waals surface area contributed by atoms with Crippen molar-refractivity contribution in [3.05, 3.63) is 41.0 Å². The van der Waals surface area contributed by atoms with E-state index in [1.165, 1.54) is 0 Å². The van der Waals surface area contributed by atoms with Crippen LogP contribution in [0.1, 0.15) is 0 Å². The Labute approximate surface area is 96.3 Å². The van der Waals surface area contributed by atoms with E-state index in [2.05, 4.69) is 20.9 Å². The van der Waals surface area contributed by atoms with Gasteiger partial charge in [0, 0.05) is 10.0 Å². The van der Waals surface area contributed by atoms with Crippen molar-refractivity contribution in [2.75, 3.05) is 11.5 Å². The zero-order chi connectivity index (χ0) is 10.8. The first-order chi connectivity index (χ1) is 7.16. The summed E-state index contributed by atoms with van der Waals surface area (Å²) < 4.78 is 1.03. The van der Waals surface area contributed by atoms with Gasteiger partial charge in [-0.15, -0.1) is 0 Å². The lowest BCUT2D eigenvalue weighted by molar-refractivity contribution is 1.33. The lowest BCUT2D eigenvalue weighted by Gasteiger charge is -2.05. The summed E-state index contributed by atoms with van der Waals surface area (Å²) in [6, 6.07) is 9.53. The highest BCUT2D eigenvalue weighted by molar-refractivity contribution is 9.10. The number of pyridine rings is 1. The zero-order valence-electron chi connectivity index (χ0n) is 7.94. The Hall–Kier alpha value is -1.55. The second-order valence-corrected chi connectivity index (χ2v) is 4.13.